The summed E-state index contributed by atoms with van der Waals surface area (Å²) < 4.78 is 24.4. The first-order valence-electron chi connectivity index (χ1n) is 6.53. The standard InChI is InChI=1S/C12H24N2O4S/c1-12(2,6-8-15)9-13-11(16)10-5-4-7-14(10)19(3,17)18/h10,15H,4-9H2,1-3H3,(H,13,16). The van der Waals surface area contributed by atoms with Crippen LogP contribution in [0.5, 0.6) is 0 Å². The number of nitrogens with one attached hydrogen (secondary N) is 1. The average molecular weight is 292 g/mol. The predicted molar refractivity (Wildman–Crippen MR) is 73.1 cm³/mol. The second-order valence-electron chi connectivity index (χ2n) is 5.89. The van der Waals surface area contributed by atoms with Crippen LogP contribution in [0.25, 0.3) is 0 Å². The van der Waals surface area contributed by atoms with Crippen molar-refractivity contribution in [1.82, 2.24) is 9.62 Å². The van der Waals surface area contributed by atoms with Crippen molar-refractivity contribution in [2.45, 2.75) is 39.2 Å². The zero-order valence-corrected chi connectivity index (χ0v) is 12.7. The van der Waals surface area contributed by atoms with Gasteiger partial charge in [0.1, 0.15) is 6.04 Å². The van der Waals surface area contributed by atoms with E-state index >= 15 is 0 Å². The Labute approximate surface area is 115 Å². The molecule has 1 aliphatic heterocycles. The number of hydrogen-bond donors (Lipinski definition) is 2. The molecule has 0 radical (unpaired) electrons. The molecule has 19 heavy (non-hydrogen) atoms. The maximum atomic E-state index is 12.1. The van der Waals surface area contributed by atoms with E-state index < -0.39 is 16.1 Å². The Balaban J connectivity index is 2.59. The number of sulfonamides is 1. The van der Waals surface area contributed by atoms with Crippen molar-refractivity contribution in [3.05, 3.63) is 0 Å². The van der Waals surface area contributed by atoms with Crippen molar-refractivity contribution in [2.75, 3.05) is 26.0 Å². The van der Waals surface area contributed by atoms with Crippen LogP contribution in [0, 0.1) is 5.41 Å². The third-order valence-corrected chi connectivity index (χ3v) is 4.75. The number of nitrogens with zero attached hydrogens (tertiary/aromatic N) is 1. The fourth-order valence-electron chi connectivity index (χ4n) is 2.23. The van der Waals surface area contributed by atoms with Crippen molar-refractivity contribution < 1.29 is 18.3 Å². The van der Waals surface area contributed by atoms with Crippen LogP contribution in [-0.2, 0) is 14.8 Å². The van der Waals surface area contributed by atoms with Gasteiger partial charge in [0, 0.05) is 19.7 Å². The quantitative estimate of drug-likeness (QED) is 0.718. The summed E-state index contributed by atoms with van der Waals surface area (Å²) >= 11 is 0. The van der Waals surface area contributed by atoms with E-state index in [1.165, 1.54) is 4.31 Å². The highest BCUT2D eigenvalue weighted by Gasteiger charge is 2.36. The zero-order valence-electron chi connectivity index (χ0n) is 11.8. The van der Waals surface area contributed by atoms with Gasteiger partial charge in [-0.05, 0) is 24.7 Å². The first-order valence-corrected chi connectivity index (χ1v) is 8.37. The number of carbonyl (C=O) groups is 1. The van der Waals surface area contributed by atoms with Crippen LogP contribution >= 0.6 is 0 Å². The van der Waals surface area contributed by atoms with Crippen molar-refractivity contribution in [3.63, 3.8) is 0 Å². The molecule has 0 saturated carbocycles. The molecule has 1 atom stereocenters. The summed E-state index contributed by atoms with van der Waals surface area (Å²) in [6.07, 6.45) is 3.01. The van der Waals surface area contributed by atoms with Gasteiger partial charge in [0.2, 0.25) is 15.9 Å². The Morgan fingerprint density at radius 3 is 2.63 bits per heavy atom. The van der Waals surface area contributed by atoms with Crippen LogP contribution in [0.1, 0.15) is 33.1 Å². The molecule has 1 aliphatic rings. The van der Waals surface area contributed by atoms with E-state index in [1.54, 1.807) is 0 Å². The maximum Gasteiger partial charge on any atom is 0.238 e. The fourth-order valence-corrected chi connectivity index (χ4v) is 3.36. The first-order chi connectivity index (χ1) is 8.67. The third kappa shape index (κ3) is 4.74. The molecule has 0 bridgehead atoms. The van der Waals surface area contributed by atoms with Crippen LogP contribution in [0.3, 0.4) is 0 Å². The van der Waals surface area contributed by atoms with E-state index in [9.17, 15) is 13.2 Å². The number of hydrogen-bond acceptors (Lipinski definition) is 4. The molecule has 7 heteroatoms. The van der Waals surface area contributed by atoms with Gasteiger partial charge < -0.3 is 10.4 Å². The second kappa shape index (κ2) is 6.19. The Bertz CT molecular complexity index is 419. The second-order valence-corrected chi connectivity index (χ2v) is 7.82. The van der Waals surface area contributed by atoms with Gasteiger partial charge in [0.15, 0.2) is 0 Å². The molecular formula is C12H24N2O4S. The highest BCUT2D eigenvalue weighted by Crippen LogP contribution is 2.22. The molecule has 0 aliphatic carbocycles. The van der Waals surface area contributed by atoms with Crippen LogP contribution in [-0.4, -0.2) is 55.7 Å². The summed E-state index contributed by atoms with van der Waals surface area (Å²) in [6.45, 7) is 4.82. The van der Waals surface area contributed by atoms with Crippen LogP contribution in [0.2, 0.25) is 0 Å². The lowest BCUT2D eigenvalue weighted by molar-refractivity contribution is -0.124. The smallest absolute Gasteiger partial charge is 0.238 e. The SMILES string of the molecule is CC(C)(CCO)CNC(=O)C1CCCN1S(C)(=O)=O. The molecule has 0 aromatic heterocycles. The first kappa shape index (κ1) is 16.4. The van der Waals surface area contributed by atoms with E-state index in [0.29, 0.717) is 32.4 Å². The zero-order chi connectivity index (χ0) is 14.7. The molecule has 0 aromatic carbocycles. The number of aliphatic hydroxyl groups excluding tert-OH is 1. The van der Waals surface area contributed by atoms with Gasteiger partial charge in [-0.15, -0.1) is 0 Å². The minimum atomic E-state index is -3.33. The lowest BCUT2D eigenvalue weighted by Gasteiger charge is -2.26. The molecule has 0 spiro atoms. The number of carbonyl (C=O) groups excluding carboxylic acids is 1. The van der Waals surface area contributed by atoms with Crippen LogP contribution < -0.4 is 5.32 Å². The minimum Gasteiger partial charge on any atom is -0.396 e. The minimum absolute atomic E-state index is 0.0712. The molecule has 112 valence electrons. The Morgan fingerprint density at radius 2 is 2.11 bits per heavy atom. The summed E-state index contributed by atoms with van der Waals surface area (Å²) in [6, 6.07) is -0.583. The molecule has 1 heterocycles. The molecule has 2 N–H and O–H groups in total. The number of aliphatic hydroxyl groups is 1. The van der Waals surface area contributed by atoms with Crippen molar-refractivity contribution >= 4 is 15.9 Å². The van der Waals surface area contributed by atoms with E-state index in [0.717, 1.165) is 6.26 Å². The van der Waals surface area contributed by atoms with E-state index in [2.05, 4.69) is 5.32 Å². The van der Waals surface area contributed by atoms with Crippen molar-refractivity contribution in [3.8, 4) is 0 Å². The van der Waals surface area contributed by atoms with Gasteiger partial charge in [-0.1, -0.05) is 13.8 Å². The Morgan fingerprint density at radius 1 is 1.47 bits per heavy atom. The van der Waals surface area contributed by atoms with E-state index in [-0.39, 0.29) is 17.9 Å². The fraction of sp³-hybridized carbons (Fsp3) is 0.917. The number of amides is 1. The highest BCUT2D eigenvalue weighted by atomic mass is 32.2. The van der Waals surface area contributed by atoms with Gasteiger partial charge in [0.05, 0.1) is 6.26 Å². The maximum absolute atomic E-state index is 12.1. The molecule has 1 fully saturated rings. The average Bonchev–Trinajstić information content (AvgIpc) is 2.74. The number of rotatable bonds is 6. The van der Waals surface area contributed by atoms with Gasteiger partial charge in [-0.2, -0.15) is 4.31 Å². The summed E-state index contributed by atoms with van der Waals surface area (Å²) in [5, 5.41) is 11.7. The topological polar surface area (TPSA) is 86.7 Å². The third-order valence-electron chi connectivity index (χ3n) is 3.46. The molecular weight excluding hydrogens is 268 g/mol. The van der Waals surface area contributed by atoms with Gasteiger partial charge in [0.25, 0.3) is 0 Å². The Hall–Kier alpha value is -0.660. The largest absolute Gasteiger partial charge is 0.396 e. The van der Waals surface area contributed by atoms with Crippen LogP contribution in [0.4, 0.5) is 0 Å². The molecule has 1 saturated heterocycles. The summed E-state index contributed by atoms with van der Waals surface area (Å²) in [7, 11) is -3.33. The summed E-state index contributed by atoms with van der Waals surface area (Å²) in [5.74, 6) is -0.242. The van der Waals surface area contributed by atoms with Crippen molar-refractivity contribution in [1.29, 1.82) is 0 Å². The highest BCUT2D eigenvalue weighted by molar-refractivity contribution is 7.88. The normalized spacial score (nSPS) is 21.6. The lowest BCUT2D eigenvalue weighted by Crippen LogP contribution is -2.47. The van der Waals surface area contributed by atoms with Crippen molar-refractivity contribution in [2.24, 2.45) is 5.41 Å². The summed E-state index contributed by atoms with van der Waals surface area (Å²) in [4.78, 5) is 12.1. The van der Waals surface area contributed by atoms with E-state index in [1.807, 2.05) is 13.8 Å². The lowest BCUT2D eigenvalue weighted by atomic mass is 9.89. The van der Waals surface area contributed by atoms with Gasteiger partial charge in [-0.25, -0.2) is 8.42 Å². The monoisotopic (exact) mass is 292 g/mol. The molecule has 6 nitrogen and oxygen atoms in total. The van der Waals surface area contributed by atoms with Crippen LogP contribution in [0.15, 0.2) is 0 Å². The van der Waals surface area contributed by atoms with E-state index in [4.69, 9.17) is 5.11 Å². The molecule has 1 amide bonds. The predicted octanol–water partition coefficient (Wildman–Crippen LogP) is -0.0648. The Kier molecular flexibility index (Phi) is 5.34. The summed E-state index contributed by atoms with van der Waals surface area (Å²) in [5.41, 5.74) is -0.196. The molecule has 1 rings (SSSR count). The van der Waals surface area contributed by atoms with Gasteiger partial charge >= 0.3 is 0 Å². The molecule has 0 aromatic rings. The molecule has 1 unspecified atom stereocenters. The van der Waals surface area contributed by atoms with Gasteiger partial charge in [-0.3, -0.25) is 4.79 Å².